The van der Waals surface area contributed by atoms with Crippen molar-refractivity contribution >= 4 is 29.9 Å². The fraction of sp³-hybridized carbons (Fsp3) is 0.938. The highest BCUT2D eigenvalue weighted by Crippen LogP contribution is 2.33. The fourth-order valence-corrected chi connectivity index (χ4v) is 2.03. The van der Waals surface area contributed by atoms with Crippen molar-refractivity contribution in [3.63, 3.8) is 0 Å². The molecule has 1 saturated carbocycles. The summed E-state index contributed by atoms with van der Waals surface area (Å²) in [7, 11) is 1.80. The smallest absolute Gasteiger partial charge is 0.191 e. The van der Waals surface area contributed by atoms with Crippen LogP contribution < -0.4 is 10.6 Å². The summed E-state index contributed by atoms with van der Waals surface area (Å²) in [5.74, 6) is 1.88. The maximum atomic E-state index is 5.50. The molecular weight excluding hydrogens is 393 g/mol. The van der Waals surface area contributed by atoms with E-state index in [-0.39, 0.29) is 24.0 Å². The molecule has 0 unspecified atom stereocenters. The zero-order valence-corrected chi connectivity index (χ0v) is 16.6. The van der Waals surface area contributed by atoms with Gasteiger partial charge in [-0.1, -0.05) is 26.2 Å². The topological polar surface area (TPSA) is 54.9 Å². The molecule has 2 N–H and O–H groups in total. The molecule has 1 aliphatic carbocycles. The Balaban J connectivity index is 0.00000441. The van der Waals surface area contributed by atoms with Crippen molar-refractivity contribution in [2.24, 2.45) is 10.9 Å². The Hall–Kier alpha value is -0.0800. The highest BCUT2D eigenvalue weighted by atomic mass is 127. The van der Waals surface area contributed by atoms with E-state index >= 15 is 0 Å². The van der Waals surface area contributed by atoms with Crippen molar-refractivity contribution in [2.45, 2.75) is 45.4 Å². The number of halogens is 1. The molecular formula is C16H34IN3O2. The molecule has 1 fully saturated rings. The molecule has 5 nitrogen and oxygen atoms in total. The van der Waals surface area contributed by atoms with E-state index in [1.165, 1.54) is 32.1 Å². The molecule has 6 heteroatoms. The lowest BCUT2D eigenvalue weighted by Gasteiger charge is -2.12. The van der Waals surface area contributed by atoms with Gasteiger partial charge in [-0.05, 0) is 25.2 Å². The summed E-state index contributed by atoms with van der Waals surface area (Å²) in [6.07, 6.45) is 7.77. The van der Waals surface area contributed by atoms with Gasteiger partial charge in [-0.25, -0.2) is 0 Å². The number of nitrogens with one attached hydrogen (secondary N) is 2. The van der Waals surface area contributed by atoms with Gasteiger partial charge in [0.15, 0.2) is 5.96 Å². The van der Waals surface area contributed by atoms with Crippen molar-refractivity contribution in [1.82, 2.24) is 10.6 Å². The van der Waals surface area contributed by atoms with Gasteiger partial charge in [0.05, 0.1) is 19.8 Å². The first-order chi connectivity index (χ1) is 10.4. The Morgan fingerprint density at radius 3 is 2.32 bits per heavy atom. The number of hydrogen-bond donors (Lipinski definition) is 2. The van der Waals surface area contributed by atoms with Crippen LogP contribution in [0.1, 0.15) is 45.4 Å². The van der Waals surface area contributed by atoms with Crippen LogP contribution in [0, 0.1) is 5.92 Å². The van der Waals surface area contributed by atoms with Gasteiger partial charge < -0.3 is 20.1 Å². The van der Waals surface area contributed by atoms with E-state index in [9.17, 15) is 0 Å². The number of ether oxygens (including phenoxy) is 2. The van der Waals surface area contributed by atoms with E-state index in [4.69, 9.17) is 9.47 Å². The van der Waals surface area contributed by atoms with Crippen LogP contribution in [0.2, 0.25) is 0 Å². The first kappa shape index (κ1) is 21.9. The molecule has 0 bridgehead atoms. The molecule has 0 spiro atoms. The van der Waals surface area contributed by atoms with Gasteiger partial charge in [-0.15, -0.1) is 24.0 Å². The number of hydrogen-bond acceptors (Lipinski definition) is 3. The van der Waals surface area contributed by atoms with Crippen molar-refractivity contribution < 1.29 is 9.47 Å². The minimum atomic E-state index is 0. The maximum Gasteiger partial charge on any atom is 0.191 e. The minimum Gasteiger partial charge on any atom is -0.379 e. The summed E-state index contributed by atoms with van der Waals surface area (Å²) in [6.45, 7) is 6.82. The standard InChI is InChI=1S/C16H33N3O2.HI/c1-3-4-11-20-13-14-21-12-10-19-16(17-2)18-9-5-6-15-7-8-15;/h15H,3-14H2,1-2H3,(H2,17,18,19);1H. The molecule has 0 saturated heterocycles. The predicted octanol–water partition coefficient (Wildman–Crippen LogP) is 2.79. The van der Waals surface area contributed by atoms with Crippen LogP contribution in [0.4, 0.5) is 0 Å². The van der Waals surface area contributed by atoms with Crippen molar-refractivity contribution in [1.29, 1.82) is 0 Å². The number of nitrogens with zero attached hydrogens (tertiary/aromatic N) is 1. The Kier molecular flexibility index (Phi) is 15.7. The van der Waals surface area contributed by atoms with Gasteiger partial charge in [0.2, 0.25) is 0 Å². The quantitative estimate of drug-likeness (QED) is 0.206. The van der Waals surface area contributed by atoms with Crippen LogP contribution >= 0.6 is 24.0 Å². The fourth-order valence-electron chi connectivity index (χ4n) is 2.03. The molecule has 1 rings (SSSR count). The van der Waals surface area contributed by atoms with Crippen LogP contribution in [0.25, 0.3) is 0 Å². The van der Waals surface area contributed by atoms with Gasteiger partial charge in [0.25, 0.3) is 0 Å². The van der Waals surface area contributed by atoms with Gasteiger partial charge in [0.1, 0.15) is 0 Å². The van der Waals surface area contributed by atoms with E-state index in [2.05, 4.69) is 22.5 Å². The van der Waals surface area contributed by atoms with Crippen LogP contribution in [-0.2, 0) is 9.47 Å². The zero-order chi connectivity index (χ0) is 15.2. The number of unbranched alkanes of at least 4 members (excludes halogenated alkanes) is 1. The average Bonchev–Trinajstić information content (AvgIpc) is 3.32. The molecule has 0 aromatic carbocycles. The molecule has 0 aromatic heterocycles. The lowest BCUT2D eigenvalue weighted by molar-refractivity contribution is 0.0487. The summed E-state index contributed by atoms with van der Waals surface area (Å²) in [5.41, 5.74) is 0. The van der Waals surface area contributed by atoms with Crippen LogP contribution in [0.5, 0.6) is 0 Å². The Bertz CT molecular complexity index is 274. The van der Waals surface area contributed by atoms with E-state index in [1.54, 1.807) is 7.05 Å². The molecule has 132 valence electrons. The summed E-state index contributed by atoms with van der Waals surface area (Å²) in [6, 6.07) is 0. The largest absolute Gasteiger partial charge is 0.379 e. The Morgan fingerprint density at radius 1 is 1.00 bits per heavy atom. The highest BCUT2D eigenvalue weighted by molar-refractivity contribution is 14.0. The molecule has 0 amide bonds. The number of guanidine groups is 1. The molecule has 0 aliphatic heterocycles. The van der Waals surface area contributed by atoms with Crippen LogP contribution in [0.15, 0.2) is 4.99 Å². The van der Waals surface area contributed by atoms with Crippen molar-refractivity contribution in [3.8, 4) is 0 Å². The Labute approximate surface area is 153 Å². The lowest BCUT2D eigenvalue weighted by Crippen LogP contribution is -2.39. The first-order valence-electron chi connectivity index (χ1n) is 8.46. The second-order valence-corrected chi connectivity index (χ2v) is 5.59. The second kappa shape index (κ2) is 15.8. The lowest BCUT2D eigenvalue weighted by atomic mass is 10.2. The van der Waals surface area contributed by atoms with E-state index in [0.29, 0.717) is 19.8 Å². The van der Waals surface area contributed by atoms with Crippen LogP contribution in [0.3, 0.4) is 0 Å². The van der Waals surface area contributed by atoms with E-state index in [0.717, 1.165) is 38.0 Å². The molecule has 0 atom stereocenters. The summed E-state index contributed by atoms with van der Waals surface area (Å²) in [4.78, 5) is 4.20. The minimum absolute atomic E-state index is 0. The zero-order valence-electron chi connectivity index (χ0n) is 14.2. The third-order valence-corrected chi connectivity index (χ3v) is 3.56. The molecule has 0 radical (unpaired) electrons. The highest BCUT2D eigenvalue weighted by Gasteiger charge is 2.19. The van der Waals surface area contributed by atoms with E-state index < -0.39 is 0 Å². The average molecular weight is 427 g/mol. The summed E-state index contributed by atoms with van der Waals surface area (Å²) in [5, 5.41) is 6.59. The molecule has 1 aliphatic rings. The number of rotatable bonds is 13. The first-order valence-corrected chi connectivity index (χ1v) is 8.46. The van der Waals surface area contributed by atoms with Gasteiger partial charge in [0, 0.05) is 26.7 Å². The summed E-state index contributed by atoms with van der Waals surface area (Å²) < 4.78 is 10.9. The van der Waals surface area contributed by atoms with Gasteiger partial charge >= 0.3 is 0 Å². The van der Waals surface area contributed by atoms with Crippen LogP contribution in [-0.4, -0.2) is 52.5 Å². The monoisotopic (exact) mass is 427 g/mol. The van der Waals surface area contributed by atoms with Gasteiger partial charge in [-0.2, -0.15) is 0 Å². The van der Waals surface area contributed by atoms with Crippen molar-refractivity contribution in [2.75, 3.05) is 46.6 Å². The maximum absolute atomic E-state index is 5.50. The van der Waals surface area contributed by atoms with E-state index in [1.807, 2.05) is 0 Å². The molecule has 22 heavy (non-hydrogen) atoms. The van der Waals surface area contributed by atoms with Gasteiger partial charge in [-0.3, -0.25) is 4.99 Å². The predicted molar refractivity (Wildman–Crippen MR) is 103 cm³/mol. The third kappa shape index (κ3) is 13.6. The molecule has 0 heterocycles. The SMILES string of the molecule is CCCCOCCOCCNC(=NC)NCCCC1CC1.I. The van der Waals surface area contributed by atoms with Crippen molar-refractivity contribution in [3.05, 3.63) is 0 Å². The third-order valence-electron chi connectivity index (χ3n) is 3.56. The second-order valence-electron chi connectivity index (χ2n) is 5.59. The normalized spacial score (nSPS) is 14.5. The number of aliphatic imine (C=N–C) groups is 1. The molecule has 0 aromatic rings. The Morgan fingerprint density at radius 2 is 1.68 bits per heavy atom. The summed E-state index contributed by atoms with van der Waals surface area (Å²) >= 11 is 0.